The van der Waals surface area contributed by atoms with Crippen LogP contribution >= 0.6 is 0 Å². The van der Waals surface area contributed by atoms with Crippen molar-refractivity contribution < 1.29 is 13.2 Å². The fraction of sp³-hybridized carbons (Fsp3) is 1.00. The molecule has 1 N–H and O–H groups in total. The second-order valence-electron chi connectivity index (χ2n) is 5.57. The first-order valence-corrected chi connectivity index (χ1v) is 8.18. The van der Waals surface area contributed by atoms with Gasteiger partial charge in [0.25, 0.3) is 10.2 Å². The number of methoxy groups -OCH3 is 1. The van der Waals surface area contributed by atoms with Crippen molar-refractivity contribution in [1.82, 2.24) is 13.9 Å². The molecular weight excluding hydrogens is 266 g/mol. The highest BCUT2D eigenvalue weighted by atomic mass is 32.2. The topological polar surface area (TPSA) is 61.9 Å². The Bertz CT molecular complexity index is 372. The van der Waals surface area contributed by atoms with Crippen LogP contribution < -0.4 is 4.72 Å². The summed E-state index contributed by atoms with van der Waals surface area (Å²) >= 11 is 0. The Morgan fingerprint density at radius 3 is 2.53 bits per heavy atom. The number of ether oxygens (including phenoxy) is 1. The molecule has 0 spiro atoms. The van der Waals surface area contributed by atoms with Crippen molar-refractivity contribution in [3.8, 4) is 0 Å². The molecule has 1 heterocycles. The third-order valence-corrected chi connectivity index (χ3v) is 5.30. The van der Waals surface area contributed by atoms with Gasteiger partial charge >= 0.3 is 0 Å². The predicted molar refractivity (Wildman–Crippen MR) is 76.2 cm³/mol. The number of likely N-dealkylation sites (N-methyl/N-ethyl adjacent to an activating group) is 1. The zero-order chi connectivity index (χ0) is 14.6. The molecule has 0 unspecified atom stereocenters. The number of rotatable bonds is 7. The van der Waals surface area contributed by atoms with E-state index in [1.165, 1.54) is 4.31 Å². The molecule has 114 valence electrons. The summed E-state index contributed by atoms with van der Waals surface area (Å²) in [6.45, 7) is 8.83. The highest BCUT2D eigenvalue weighted by Crippen LogP contribution is 2.19. The monoisotopic (exact) mass is 293 g/mol. The quantitative estimate of drug-likeness (QED) is 0.725. The highest BCUT2D eigenvalue weighted by Gasteiger charge is 2.34. The highest BCUT2D eigenvalue weighted by molar-refractivity contribution is 7.87. The summed E-state index contributed by atoms with van der Waals surface area (Å²) in [5, 5.41) is 0. The van der Waals surface area contributed by atoms with Gasteiger partial charge in [-0.1, -0.05) is 6.92 Å². The van der Waals surface area contributed by atoms with Gasteiger partial charge in [0.05, 0.1) is 6.61 Å². The van der Waals surface area contributed by atoms with Crippen molar-refractivity contribution in [1.29, 1.82) is 0 Å². The zero-order valence-corrected chi connectivity index (χ0v) is 13.4. The fourth-order valence-corrected chi connectivity index (χ4v) is 3.38. The summed E-state index contributed by atoms with van der Waals surface area (Å²) in [7, 11) is -0.288. The summed E-state index contributed by atoms with van der Waals surface area (Å²) < 4.78 is 33.3. The average Bonchev–Trinajstić information content (AvgIpc) is 2.67. The first-order valence-electron chi connectivity index (χ1n) is 6.74. The van der Waals surface area contributed by atoms with E-state index < -0.39 is 10.2 Å². The minimum Gasteiger partial charge on any atom is -0.383 e. The molecule has 0 aromatic heterocycles. The zero-order valence-electron chi connectivity index (χ0n) is 12.6. The first kappa shape index (κ1) is 16.8. The van der Waals surface area contributed by atoms with Gasteiger partial charge in [-0.05, 0) is 19.8 Å². The van der Waals surface area contributed by atoms with Crippen LogP contribution in [-0.2, 0) is 14.9 Å². The molecule has 1 aliphatic rings. The van der Waals surface area contributed by atoms with Crippen LogP contribution in [0.2, 0.25) is 0 Å². The third-order valence-electron chi connectivity index (χ3n) is 3.69. The number of likely N-dealkylation sites (tertiary alicyclic amines) is 1. The normalized spacial score (nSPS) is 25.6. The largest absolute Gasteiger partial charge is 0.383 e. The van der Waals surface area contributed by atoms with Crippen LogP contribution in [0.25, 0.3) is 0 Å². The van der Waals surface area contributed by atoms with E-state index in [1.54, 1.807) is 14.2 Å². The first-order chi connectivity index (χ1) is 8.77. The van der Waals surface area contributed by atoms with Crippen LogP contribution in [0.15, 0.2) is 0 Å². The number of hydrogen-bond acceptors (Lipinski definition) is 4. The Hall–Kier alpha value is -0.210. The van der Waals surface area contributed by atoms with Gasteiger partial charge in [-0.3, -0.25) is 4.90 Å². The van der Waals surface area contributed by atoms with E-state index in [4.69, 9.17) is 4.74 Å². The number of nitrogens with one attached hydrogen (secondary N) is 1. The Labute approximate surface area is 117 Å². The summed E-state index contributed by atoms with van der Waals surface area (Å²) in [5.74, 6) is 0.327. The van der Waals surface area contributed by atoms with Crippen LogP contribution in [0.4, 0.5) is 0 Å². The van der Waals surface area contributed by atoms with Crippen LogP contribution in [0, 0.1) is 5.92 Å². The molecule has 1 fully saturated rings. The Morgan fingerprint density at radius 2 is 2.05 bits per heavy atom. The summed E-state index contributed by atoms with van der Waals surface area (Å²) in [6.07, 6.45) is 0. The van der Waals surface area contributed by atoms with Crippen LogP contribution in [0.5, 0.6) is 0 Å². The lowest BCUT2D eigenvalue weighted by molar-refractivity contribution is 0.184. The third kappa shape index (κ3) is 4.68. The van der Waals surface area contributed by atoms with Crippen molar-refractivity contribution >= 4 is 10.2 Å². The van der Waals surface area contributed by atoms with E-state index in [-0.39, 0.29) is 6.04 Å². The second kappa shape index (κ2) is 6.99. The molecule has 0 bridgehead atoms. The van der Waals surface area contributed by atoms with Gasteiger partial charge in [0.1, 0.15) is 0 Å². The minimum atomic E-state index is -3.42. The van der Waals surface area contributed by atoms with E-state index in [0.29, 0.717) is 25.1 Å². The van der Waals surface area contributed by atoms with E-state index >= 15 is 0 Å². The molecule has 1 aliphatic heterocycles. The molecule has 2 atom stereocenters. The molecule has 0 amide bonds. The summed E-state index contributed by atoms with van der Waals surface area (Å²) in [4.78, 5) is 2.30. The second-order valence-corrected chi connectivity index (χ2v) is 7.38. The maximum atomic E-state index is 12.2. The molecule has 6 nitrogen and oxygen atoms in total. The van der Waals surface area contributed by atoms with Crippen LogP contribution in [-0.4, -0.2) is 70.1 Å². The molecule has 0 radical (unpaired) electrons. The Kier molecular flexibility index (Phi) is 6.19. The van der Waals surface area contributed by atoms with Gasteiger partial charge in [0.15, 0.2) is 0 Å². The molecule has 1 rings (SSSR count). The van der Waals surface area contributed by atoms with Gasteiger partial charge in [-0.25, -0.2) is 0 Å². The van der Waals surface area contributed by atoms with Crippen molar-refractivity contribution in [2.24, 2.45) is 5.92 Å². The molecule has 19 heavy (non-hydrogen) atoms. The molecule has 0 aromatic carbocycles. The van der Waals surface area contributed by atoms with E-state index in [1.807, 2.05) is 0 Å². The van der Waals surface area contributed by atoms with Crippen molar-refractivity contribution in [2.45, 2.75) is 32.9 Å². The van der Waals surface area contributed by atoms with Gasteiger partial charge < -0.3 is 4.74 Å². The maximum absolute atomic E-state index is 12.2. The molecule has 0 saturated carbocycles. The summed E-state index contributed by atoms with van der Waals surface area (Å²) in [6, 6.07) is 0.431. The fourth-order valence-electron chi connectivity index (χ4n) is 2.20. The predicted octanol–water partition coefficient (Wildman–Crippen LogP) is 0.128. The molecule has 1 saturated heterocycles. The minimum absolute atomic E-state index is 0.0163. The lowest BCUT2D eigenvalue weighted by atomic mass is 10.1. The molecular formula is C12H27N3O3S. The number of hydrogen-bond donors (Lipinski definition) is 1. The lowest BCUT2D eigenvalue weighted by Gasteiger charge is -2.23. The average molecular weight is 293 g/mol. The van der Waals surface area contributed by atoms with E-state index in [9.17, 15) is 8.42 Å². The van der Waals surface area contributed by atoms with Gasteiger partial charge in [0.2, 0.25) is 0 Å². The Balaban J connectivity index is 2.58. The van der Waals surface area contributed by atoms with Gasteiger partial charge in [-0.2, -0.15) is 17.4 Å². The maximum Gasteiger partial charge on any atom is 0.279 e. The van der Waals surface area contributed by atoms with Crippen molar-refractivity contribution in [3.63, 3.8) is 0 Å². The van der Waals surface area contributed by atoms with Gasteiger partial charge in [-0.15, -0.1) is 0 Å². The lowest BCUT2D eigenvalue weighted by Crippen LogP contribution is -2.47. The van der Waals surface area contributed by atoms with Crippen LogP contribution in [0.1, 0.15) is 20.8 Å². The molecule has 7 heteroatoms. The van der Waals surface area contributed by atoms with E-state index in [0.717, 1.165) is 13.1 Å². The number of nitrogens with zero attached hydrogens (tertiary/aromatic N) is 2. The molecule has 0 aliphatic carbocycles. The van der Waals surface area contributed by atoms with Gasteiger partial charge in [0, 0.05) is 45.9 Å². The smallest absolute Gasteiger partial charge is 0.279 e. The molecule has 0 aromatic rings. The Morgan fingerprint density at radius 1 is 1.42 bits per heavy atom. The SMILES string of the molecule is COCCN(C)S(=O)(=O)N[C@@H]1CN(C(C)C)C[C@@H]1C. The van der Waals surface area contributed by atoms with E-state index in [2.05, 4.69) is 30.4 Å². The van der Waals surface area contributed by atoms with Crippen molar-refractivity contribution in [2.75, 3.05) is 40.4 Å². The van der Waals surface area contributed by atoms with Crippen LogP contribution in [0.3, 0.4) is 0 Å². The summed E-state index contributed by atoms with van der Waals surface area (Å²) in [5.41, 5.74) is 0. The van der Waals surface area contributed by atoms with Crippen molar-refractivity contribution in [3.05, 3.63) is 0 Å². The standard InChI is InChI=1S/C12H27N3O3S/c1-10(2)15-8-11(3)12(9-15)13-19(16,17)14(4)6-7-18-5/h10-13H,6-9H2,1-5H3/t11-,12+/m0/s1.